The Hall–Kier alpha value is -0.0900. The summed E-state index contributed by atoms with van der Waals surface area (Å²) in [6.07, 6.45) is 4.39. The highest BCUT2D eigenvalue weighted by molar-refractivity contribution is 7.92. The van der Waals surface area contributed by atoms with Gasteiger partial charge in [0.25, 0.3) is 0 Å². The normalized spacial score (nSPS) is 15.2. The van der Waals surface area contributed by atoms with E-state index in [2.05, 4.69) is 26.1 Å². The summed E-state index contributed by atoms with van der Waals surface area (Å²) in [6, 6.07) is 0.0347. The average Bonchev–Trinajstić information content (AvgIpc) is 2.22. The quantitative estimate of drug-likeness (QED) is 0.732. The maximum atomic E-state index is 12.0. The molecule has 0 bridgehead atoms. The first-order chi connectivity index (χ1) is 7.72. The number of nitrogens with one attached hydrogen (secondary N) is 1. The van der Waals surface area contributed by atoms with Gasteiger partial charge in [-0.25, -0.2) is 8.42 Å². The largest absolute Gasteiger partial charge is 0.312 e. The van der Waals surface area contributed by atoms with Gasteiger partial charge in [0.1, 0.15) is 0 Å². The monoisotopic (exact) mass is 263 g/mol. The molecule has 1 atom stereocenters. The number of hydrogen-bond acceptors (Lipinski definition) is 3. The Balaban J connectivity index is 5.16. The van der Waals surface area contributed by atoms with Gasteiger partial charge in [0.05, 0.1) is 4.75 Å². The zero-order chi connectivity index (χ0) is 13.7. The van der Waals surface area contributed by atoms with Gasteiger partial charge in [-0.3, -0.25) is 0 Å². The smallest absolute Gasteiger partial charge is 0.154 e. The highest BCUT2D eigenvalue weighted by atomic mass is 32.2. The first kappa shape index (κ1) is 16.9. The van der Waals surface area contributed by atoms with Gasteiger partial charge in [-0.15, -0.1) is 0 Å². The van der Waals surface area contributed by atoms with Crippen molar-refractivity contribution in [3.05, 3.63) is 0 Å². The zero-order valence-electron chi connectivity index (χ0n) is 12.2. The van der Waals surface area contributed by atoms with Crippen molar-refractivity contribution in [1.82, 2.24) is 5.32 Å². The maximum Gasteiger partial charge on any atom is 0.154 e. The Labute approximate surface area is 107 Å². The summed E-state index contributed by atoms with van der Waals surface area (Å²) >= 11 is 0. The second-order valence-electron chi connectivity index (χ2n) is 5.38. The van der Waals surface area contributed by atoms with E-state index in [1.54, 1.807) is 0 Å². The van der Waals surface area contributed by atoms with Crippen molar-refractivity contribution >= 4 is 9.84 Å². The van der Waals surface area contributed by atoms with Crippen molar-refractivity contribution in [3.63, 3.8) is 0 Å². The predicted octanol–water partition coefficient (Wildman–Crippen LogP) is 2.61. The maximum absolute atomic E-state index is 12.0. The van der Waals surface area contributed by atoms with Crippen LogP contribution in [0, 0.1) is 5.92 Å². The van der Waals surface area contributed by atoms with Crippen molar-refractivity contribution in [3.8, 4) is 0 Å². The van der Waals surface area contributed by atoms with Crippen LogP contribution in [-0.2, 0) is 9.84 Å². The van der Waals surface area contributed by atoms with E-state index >= 15 is 0 Å². The molecule has 17 heavy (non-hydrogen) atoms. The summed E-state index contributed by atoms with van der Waals surface area (Å²) in [7, 11) is -3.06. The third-order valence-electron chi connectivity index (χ3n) is 3.84. The van der Waals surface area contributed by atoms with E-state index in [0.29, 0.717) is 5.92 Å². The van der Waals surface area contributed by atoms with Crippen molar-refractivity contribution in [2.45, 2.75) is 64.7 Å². The van der Waals surface area contributed by atoms with E-state index in [0.717, 1.165) is 25.8 Å². The molecule has 0 amide bonds. The fourth-order valence-electron chi connectivity index (χ4n) is 2.27. The van der Waals surface area contributed by atoms with Crippen molar-refractivity contribution in [2.24, 2.45) is 5.92 Å². The van der Waals surface area contributed by atoms with Crippen LogP contribution in [0.5, 0.6) is 0 Å². The van der Waals surface area contributed by atoms with Crippen LogP contribution < -0.4 is 5.32 Å². The summed E-state index contributed by atoms with van der Waals surface area (Å²) < 4.78 is 23.2. The molecule has 0 aromatic rings. The standard InChI is InChI=1S/C13H29NO2S/c1-7-10-14-12(11(8-2)9-3)13(4,5)17(6,15)16/h11-12,14H,7-10H2,1-6H3. The van der Waals surface area contributed by atoms with Crippen LogP contribution >= 0.6 is 0 Å². The molecule has 3 nitrogen and oxygen atoms in total. The van der Waals surface area contributed by atoms with Gasteiger partial charge in [0.15, 0.2) is 9.84 Å². The van der Waals surface area contributed by atoms with Crippen LogP contribution in [0.3, 0.4) is 0 Å². The first-order valence-electron chi connectivity index (χ1n) is 6.65. The number of hydrogen-bond donors (Lipinski definition) is 1. The molecule has 0 aliphatic heterocycles. The predicted molar refractivity (Wildman–Crippen MR) is 75.1 cm³/mol. The number of rotatable bonds is 8. The molecular weight excluding hydrogens is 234 g/mol. The van der Waals surface area contributed by atoms with Crippen molar-refractivity contribution in [2.75, 3.05) is 12.8 Å². The summed E-state index contributed by atoms with van der Waals surface area (Å²) in [4.78, 5) is 0. The molecule has 0 spiro atoms. The van der Waals surface area contributed by atoms with E-state index < -0.39 is 14.6 Å². The zero-order valence-corrected chi connectivity index (χ0v) is 13.0. The van der Waals surface area contributed by atoms with E-state index in [-0.39, 0.29) is 6.04 Å². The molecule has 0 saturated heterocycles. The minimum Gasteiger partial charge on any atom is -0.312 e. The molecule has 0 saturated carbocycles. The minimum absolute atomic E-state index is 0.0347. The summed E-state index contributed by atoms with van der Waals surface area (Å²) in [5.41, 5.74) is 0. The molecule has 104 valence electrons. The fraction of sp³-hybridized carbons (Fsp3) is 1.00. The molecule has 0 radical (unpaired) electrons. The SMILES string of the molecule is CCCNC(C(CC)CC)C(C)(C)S(C)(=O)=O. The van der Waals surface area contributed by atoms with Crippen LogP contribution in [0.15, 0.2) is 0 Å². The highest BCUT2D eigenvalue weighted by Gasteiger charge is 2.41. The molecule has 0 aliphatic rings. The lowest BCUT2D eigenvalue weighted by Crippen LogP contribution is -2.55. The second kappa shape index (κ2) is 6.74. The van der Waals surface area contributed by atoms with Gasteiger partial charge >= 0.3 is 0 Å². The lowest BCUT2D eigenvalue weighted by Gasteiger charge is -2.38. The van der Waals surface area contributed by atoms with E-state index in [9.17, 15) is 8.42 Å². The van der Waals surface area contributed by atoms with E-state index in [1.165, 1.54) is 6.26 Å². The van der Waals surface area contributed by atoms with Crippen LogP contribution in [-0.4, -0.2) is 32.0 Å². The van der Waals surface area contributed by atoms with Crippen LogP contribution in [0.1, 0.15) is 53.9 Å². The van der Waals surface area contributed by atoms with Gasteiger partial charge in [0, 0.05) is 12.3 Å². The van der Waals surface area contributed by atoms with Crippen molar-refractivity contribution in [1.29, 1.82) is 0 Å². The molecule has 4 heteroatoms. The van der Waals surface area contributed by atoms with Crippen LogP contribution in [0.25, 0.3) is 0 Å². The summed E-state index contributed by atoms with van der Waals surface area (Å²) in [5, 5.41) is 3.44. The molecule has 0 fully saturated rings. The minimum atomic E-state index is -3.06. The van der Waals surface area contributed by atoms with Gasteiger partial charge in [0.2, 0.25) is 0 Å². The molecule has 1 unspecified atom stereocenters. The van der Waals surface area contributed by atoms with Crippen LogP contribution in [0.4, 0.5) is 0 Å². The third-order valence-corrected chi connectivity index (χ3v) is 6.00. The molecule has 0 aromatic carbocycles. The highest BCUT2D eigenvalue weighted by Crippen LogP contribution is 2.29. The molecule has 0 rings (SSSR count). The Morgan fingerprint density at radius 3 is 1.88 bits per heavy atom. The molecular formula is C13H29NO2S. The Morgan fingerprint density at radius 2 is 1.59 bits per heavy atom. The van der Waals surface area contributed by atoms with E-state index in [4.69, 9.17) is 0 Å². The molecule has 0 aliphatic carbocycles. The number of sulfone groups is 1. The first-order valence-corrected chi connectivity index (χ1v) is 8.54. The Kier molecular flexibility index (Phi) is 6.70. The fourth-order valence-corrected chi connectivity index (χ4v) is 3.01. The van der Waals surface area contributed by atoms with Gasteiger partial charge < -0.3 is 5.32 Å². The van der Waals surface area contributed by atoms with Gasteiger partial charge in [-0.2, -0.15) is 0 Å². The third kappa shape index (κ3) is 4.25. The molecule has 0 heterocycles. The topological polar surface area (TPSA) is 46.2 Å². The summed E-state index contributed by atoms with van der Waals surface area (Å²) in [6.45, 7) is 10.9. The summed E-state index contributed by atoms with van der Waals surface area (Å²) in [5.74, 6) is 0.409. The molecule has 1 N–H and O–H groups in total. The Bertz CT molecular complexity index is 305. The van der Waals surface area contributed by atoms with Gasteiger partial charge in [-0.05, 0) is 32.7 Å². The Morgan fingerprint density at radius 1 is 1.12 bits per heavy atom. The lowest BCUT2D eigenvalue weighted by atomic mass is 9.86. The van der Waals surface area contributed by atoms with E-state index in [1.807, 2.05) is 13.8 Å². The van der Waals surface area contributed by atoms with Gasteiger partial charge in [-0.1, -0.05) is 33.6 Å². The second-order valence-corrected chi connectivity index (χ2v) is 7.98. The van der Waals surface area contributed by atoms with Crippen molar-refractivity contribution < 1.29 is 8.42 Å². The lowest BCUT2D eigenvalue weighted by molar-refractivity contribution is 0.281. The average molecular weight is 263 g/mol. The molecule has 0 aromatic heterocycles. The van der Waals surface area contributed by atoms with Crippen LogP contribution in [0.2, 0.25) is 0 Å².